The lowest BCUT2D eigenvalue weighted by Gasteiger charge is -2.17. The fourth-order valence-corrected chi connectivity index (χ4v) is 4.89. The van der Waals surface area contributed by atoms with E-state index in [0.717, 1.165) is 69.8 Å². The Morgan fingerprint density at radius 2 is 1.83 bits per heavy atom. The standard InChI is InChI=1S/C29H43NO5/c1-2-3-7-14-24(31)19-17-22-18-20-27(32)25(22)15-10-4-5-11-16-28(33)30-26(21-29(34)35)23-12-8-6-9-13-23/h6,8-9,12-13,17,19,22,24-26,31H,2-5,7,10-11,14-16,18,20-21H2,1H3,(H,30,33)(H,34,35)/b19-17+/t22-,24-,25+,26-/m0/s1. The number of carboxylic acid groups (broad SMARTS) is 1. The molecule has 0 saturated heterocycles. The first-order valence-electron chi connectivity index (χ1n) is 13.4. The van der Waals surface area contributed by atoms with Gasteiger partial charge < -0.3 is 15.5 Å². The van der Waals surface area contributed by atoms with Crippen LogP contribution in [0.1, 0.15) is 102 Å². The smallest absolute Gasteiger partial charge is 0.305 e. The number of nitrogens with one attached hydrogen (secondary N) is 1. The summed E-state index contributed by atoms with van der Waals surface area (Å²) < 4.78 is 0. The predicted octanol–water partition coefficient (Wildman–Crippen LogP) is 5.75. The Kier molecular flexibility index (Phi) is 13.4. The number of carboxylic acids is 1. The molecule has 1 aromatic rings. The van der Waals surface area contributed by atoms with Crippen molar-refractivity contribution in [2.75, 3.05) is 0 Å². The van der Waals surface area contributed by atoms with Gasteiger partial charge in [0, 0.05) is 18.8 Å². The van der Waals surface area contributed by atoms with Crippen molar-refractivity contribution >= 4 is 17.7 Å². The Balaban J connectivity index is 1.67. The third-order valence-electron chi connectivity index (χ3n) is 6.92. The van der Waals surface area contributed by atoms with Crippen LogP contribution in [0, 0.1) is 11.8 Å². The van der Waals surface area contributed by atoms with Crippen molar-refractivity contribution in [1.29, 1.82) is 0 Å². The first kappa shape index (κ1) is 28.8. The van der Waals surface area contributed by atoms with Crippen molar-refractivity contribution in [3.05, 3.63) is 48.0 Å². The molecule has 0 aromatic heterocycles. The lowest BCUT2D eigenvalue weighted by Crippen LogP contribution is -2.29. The van der Waals surface area contributed by atoms with Crippen molar-refractivity contribution < 1.29 is 24.6 Å². The first-order chi connectivity index (χ1) is 16.9. The molecular weight excluding hydrogens is 442 g/mol. The third-order valence-corrected chi connectivity index (χ3v) is 6.92. The van der Waals surface area contributed by atoms with Gasteiger partial charge >= 0.3 is 5.97 Å². The molecule has 0 aliphatic heterocycles. The maximum atomic E-state index is 12.4. The summed E-state index contributed by atoms with van der Waals surface area (Å²) in [7, 11) is 0. The van der Waals surface area contributed by atoms with Crippen LogP contribution >= 0.6 is 0 Å². The summed E-state index contributed by atoms with van der Waals surface area (Å²) in [6.07, 6.45) is 13.8. The molecule has 0 spiro atoms. The fourth-order valence-electron chi connectivity index (χ4n) is 4.89. The van der Waals surface area contributed by atoms with Gasteiger partial charge in [-0.15, -0.1) is 0 Å². The highest BCUT2D eigenvalue weighted by atomic mass is 16.4. The minimum atomic E-state index is -0.945. The largest absolute Gasteiger partial charge is 0.481 e. The molecule has 1 aliphatic carbocycles. The van der Waals surface area contributed by atoms with Crippen LogP contribution in [0.15, 0.2) is 42.5 Å². The van der Waals surface area contributed by atoms with Crippen LogP contribution in [0.25, 0.3) is 0 Å². The Morgan fingerprint density at radius 3 is 2.54 bits per heavy atom. The minimum Gasteiger partial charge on any atom is -0.481 e. The van der Waals surface area contributed by atoms with E-state index in [4.69, 9.17) is 0 Å². The average molecular weight is 486 g/mol. The van der Waals surface area contributed by atoms with E-state index in [1.807, 2.05) is 36.4 Å². The quantitative estimate of drug-likeness (QED) is 0.192. The van der Waals surface area contributed by atoms with E-state index in [1.54, 1.807) is 0 Å². The molecule has 194 valence electrons. The summed E-state index contributed by atoms with van der Waals surface area (Å²) in [4.78, 5) is 35.9. The van der Waals surface area contributed by atoms with Gasteiger partial charge in [-0.05, 0) is 37.2 Å². The third kappa shape index (κ3) is 11.2. The Labute approximate surface area is 210 Å². The molecule has 1 aromatic carbocycles. The number of carbonyl (C=O) groups excluding carboxylic acids is 2. The van der Waals surface area contributed by atoms with E-state index in [1.165, 1.54) is 0 Å². The van der Waals surface area contributed by atoms with Crippen molar-refractivity contribution in [3.63, 3.8) is 0 Å². The molecule has 0 bridgehead atoms. The number of allylic oxidation sites excluding steroid dienone is 1. The average Bonchev–Trinajstić information content (AvgIpc) is 3.19. The van der Waals surface area contributed by atoms with Crippen molar-refractivity contribution in [3.8, 4) is 0 Å². The second-order valence-electron chi connectivity index (χ2n) is 9.80. The van der Waals surface area contributed by atoms with E-state index >= 15 is 0 Å². The molecule has 1 aliphatic rings. The summed E-state index contributed by atoms with van der Waals surface area (Å²) >= 11 is 0. The molecule has 35 heavy (non-hydrogen) atoms. The second kappa shape index (κ2) is 16.2. The molecule has 2 rings (SSSR count). The van der Waals surface area contributed by atoms with Gasteiger partial charge in [0.2, 0.25) is 5.91 Å². The summed E-state index contributed by atoms with van der Waals surface area (Å²) in [5.41, 5.74) is 0.793. The van der Waals surface area contributed by atoms with Gasteiger partial charge in [0.1, 0.15) is 5.78 Å². The van der Waals surface area contributed by atoms with Gasteiger partial charge in [-0.25, -0.2) is 0 Å². The van der Waals surface area contributed by atoms with Gasteiger partial charge in [0.15, 0.2) is 0 Å². The number of Topliss-reactive ketones (excluding diaryl/α,β-unsaturated/α-hetero) is 1. The number of hydrogen-bond donors (Lipinski definition) is 3. The minimum absolute atomic E-state index is 0.0556. The molecule has 0 radical (unpaired) electrons. The molecule has 1 amide bonds. The monoisotopic (exact) mass is 485 g/mol. The van der Waals surface area contributed by atoms with Crippen LogP contribution < -0.4 is 5.32 Å². The van der Waals surface area contributed by atoms with Crippen molar-refractivity contribution in [1.82, 2.24) is 5.32 Å². The number of rotatable bonds is 17. The maximum Gasteiger partial charge on any atom is 0.305 e. The molecule has 6 heteroatoms. The topological polar surface area (TPSA) is 104 Å². The van der Waals surface area contributed by atoms with Crippen LogP contribution in [0.5, 0.6) is 0 Å². The Morgan fingerprint density at radius 1 is 1.09 bits per heavy atom. The van der Waals surface area contributed by atoms with E-state index < -0.39 is 18.1 Å². The summed E-state index contributed by atoms with van der Waals surface area (Å²) in [5.74, 6) is -0.447. The summed E-state index contributed by atoms with van der Waals surface area (Å²) in [6, 6.07) is 8.66. The zero-order valence-corrected chi connectivity index (χ0v) is 21.2. The van der Waals surface area contributed by atoms with Crippen LogP contribution in [0.2, 0.25) is 0 Å². The highest BCUT2D eigenvalue weighted by Crippen LogP contribution is 2.34. The van der Waals surface area contributed by atoms with E-state index in [0.29, 0.717) is 18.6 Å². The molecule has 6 nitrogen and oxygen atoms in total. The molecule has 1 saturated carbocycles. The predicted molar refractivity (Wildman–Crippen MR) is 138 cm³/mol. The SMILES string of the molecule is CCCCC[C@H](O)/C=C/[C@H]1CCC(=O)[C@@H]1CCCCCCC(=O)N[C@@H](CC(=O)O)c1ccccc1. The summed E-state index contributed by atoms with van der Waals surface area (Å²) in [5, 5.41) is 22.2. The van der Waals surface area contributed by atoms with Crippen molar-refractivity contribution in [2.45, 2.75) is 103 Å². The lowest BCUT2D eigenvalue weighted by atomic mass is 9.89. The highest BCUT2D eigenvalue weighted by Gasteiger charge is 2.32. The molecular formula is C29H43NO5. The normalized spacial score (nSPS) is 19.7. The molecule has 1 fully saturated rings. The van der Waals surface area contributed by atoms with Gasteiger partial charge in [-0.1, -0.05) is 87.9 Å². The van der Waals surface area contributed by atoms with Crippen LogP contribution in [-0.4, -0.2) is 34.0 Å². The summed E-state index contributed by atoms with van der Waals surface area (Å²) in [6.45, 7) is 2.15. The number of aliphatic carboxylic acids is 1. The van der Waals surface area contributed by atoms with Crippen LogP contribution in [0.4, 0.5) is 0 Å². The van der Waals surface area contributed by atoms with E-state index in [2.05, 4.69) is 18.3 Å². The number of unbranched alkanes of at least 4 members (excludes halogenated alkanes) is 5. The number of hydrogen-bond acceptors (Lipinski definition) is 4. The highest BCUT2D eigenvalue weighted by molar-refractivity contribution is 5.83. The number of carbonyl (C=O) groups is 3. The second-order valence-corrected chi connectivity index (χ2v) is 9.80. The van der Waals surface area contributed by atoms with Gasteiger partial charge in [0.05, 0.1) is 18.6 Å². The van der Waals surface area contributed by atoms with Gasteiger partial charge in [0.25, 0.3) is 0 Å². The molecule has 3 N–H and O–H groups in total. The van der Waals surface area contributed by atoms with Crippen molar-refractivity contribution in [2.24, 2.45) is 11.8 Å². The molecule has 0 unspecified atom stereocenters. The molecule has 0 heterocycles. The zero-order valence-electron chi connectivity index (χ0n) is 21.2. The first-order valence-corrected chi connectivity index (χ1v) is 13.4. The molecule has 4 atom stereocenters. The van der Waals surface area contributed by atoms with Crippen LogP contribution in [-0.2, 0) is 14.4 Å². The Hall–Kier alpha value is -2.47. The number of aliphatic hydroxyl groups is 1. The fraction of sp³-hybridized carbons (Fsp3) is 0.621. The number of aliphatic hydroxyl groups excluding tert-OH is 1. The van der Waals surface area contributed by atoms with Crippen LogP contribution in [0.3, 0.4) is 0 Å². The van der Waals surface area contributed by atoms with Gasteiger partial charge in [-0.3, -0.25) is 14.4 Å². The maximum absolute atomic E-state index is 12.4. The number of amides is 1. The van der Waals surface area contributed by atoms with E-state index in [9.17, 15) is 24.6 Å². The zero-order chi connectivity index (χ0) is 25.5. The Bertz CT molecular complexity index is 807. The number of benzene rings is 1. The van der Waals surface area contributed by atoms with E-state index in [-0.39, 0.29) is 24.2 Å². The number of ketones is 1. The lowest BCUT2D eigenvalue weighted by molar-refractivity contribution is -0.137. The van der Waals surface area contributed by atoms with Gasteiger partial charge in [-0.2, -0.15) is 0 Å².